The number of rotatable bonds is 4. The van der Waals surface area contributed by atoms with E-state index in [1.54, 1.807) is 0 Å². The molecule has 0 aliphatic heterocycles. The number of nitrogens with zero attached hydrogens (tertiary/aromatic N) is 3. The van der Waals surface area contributed by atoms with Gasteiger partial charge in [-0.2, -0.15) is 26.3 Å². The molecular formula is C24H18F7N5O2. The monoisotopic (exact) mass is 544 g/mol. The molecule has 1 amide bonds. The largest absolute Gasteiger partial charge is 0.433 e. The van der Waals surface area contributed by atoms with E-state index in [-0.39, 0.29) is 28.6 Å². The van der Waals surface area contributed by atoms with Crippen molar-refractivity contribution in [3.05, 3.63) is 76.6 Å². The first-order valence-electron chi connectivity index (χ1n) is 12.0. The number of aromatic nitrogens is 3. The lowest BCUT2D eigenvalue weighted by molar-refractivity contribution is -0.142. The van der Waals surface area contributed by atoms with Gasteiger partial charge in [-0.25, -0.2) is 14.4 Å². The van der Waals surface area contributed by atoms with Gasteiger partial charge in [-0.05, 0) is 55.2 Å². The Hall–Kier alpha value is -4.20. The van der Waals surface area contributed by atoms with Gasteiger partial charge in [0.15, 0.2) is 6.10 Å². The Morgan fingerprint density at radius 1 is 1.13 bits per heavy atom. The third-order valence-corrected chi connectivity index (χ3v) is 5.54. The summed E-state index contributed by atoms with van der Waals surface area (Å²) < 4.78 is 117. The van der Waals surface area contributed by atoms with Crippen LogP contribution in [-0.4, -0.2) is 25.4 Å². The quantitative estimate of drug-likeness (QED) is 0.297. The van der Waals surface area contributed by atoms with Crippen LogP contribution in [0.5, 0.6) is 0 Å². The van der Waals surface area contributed by atoms with E-state index in [4.69, 9.17) is 9.85 Å². The van der Waals surface area contributed by atoms with Crippen LogP contribution in [-0.2, 0) is 17.1 Å². The van der Waals surface area contributed by atoms with Crippen LogP contribution in [0.1, 0.15) is 38.4 Å². The molecule has 0 aliphatic rings. The highest BCUT2D eigenvalue weighted by molar-refractivity contribution is 5.95. The van der Waals surface area contributed by atoms with Gasteiger partial charge in [0.05, 0.1) is 11.8 Å². The van der Waals surface area contributed by atoms with Crippen LogP contribution in [0.2, 0.25) is 0 Å². The van der Waals surface area contributed by atoms with Crippen LogP contribution in [0.3, 0.4) is 0 Å². The number of anilines is 2. The first-order chi connectivity index (χ1) is 18.8. The highest BCUT2D eigenvalue weighted by atomic mass is 19.4. The van der Waals surface area contributed by atoms with E-state index in [1.165, 1.54) is 25.1 Å². The lowest BCUT2D eigenvalue weighted by Gasteiger charge is -2.15. The zero-order valence-corrected chi connectivity index (χ0v) is 19.0. The highest BCUT2D eigenvalue weighted by Gasteiger charge is 2.36. The van der Waals surface area contributed by atoms with Crippen molar-refractivity contribution in [2.45, 2.75) is 32.2 Å². The van der Waals surface area contributed by atoms with Crippen molar-refractivity contribution in [2.24, 2.45) is 0 Å². The maximum atomic E-state index is 13.7. The Morgan fingerprint density at radius 3 is 2.45 bits per heavy atom. The number of carbonyl (C=O) groups is 1. The molecule has 2 aromatic heterocycles. The van der Waals surface area contributed by atoms with Gasteiger partial charge in [-0.15, -0.1) is 0 Å². The Kier molecular flexibility index (Phi) is 5.60. The third-order valence-electron chi connectivity index (χ3n) is 5.54. The number of carbonyl (C=O) groups excluding carboxylic acids is 1. The number of alkyl halides is 6. The van der Waals surface area contributed by atoms with Crippen LogP contribution < -0.4 is 11.1 Å². The van der Waals surface area contributed by atoms with Crippen molar-refractivity contribution in [3.63, 3.8) is 0 Å². The Morgan fingerprint density at radius 2 is 1.84 bits per heavy atom. The molecule has 1 atom stereocenters. The maximum Gasteiger partial charge on any atom is 0.433 e. The number of hydrogen-bond acceptors (Lipinski definition) is 5. The molecule has 0 radical (unpaired) electrons. The van der Waals surface area contributed by atoms with Crippen LogP contribution in [0.25, 0.3) is 16.8 Å². The first kappa shape index (κ1) is 23.0. The summed E-state index contributed by atoms with van der Waals surface area (Å²) >= 11 is 0. The van der Waals surface area contributed by atoms with Crippen molar-refractivity contribution in [2.75, 3.05) is 11.1 Å². The number of aliphatic hydroxyl groups excluding tert-OH is 1. The predicted octanol–water partition coefficient (Wildman–Crippen LogP) is 5.44. The Labute approximate surface area is 214 Å². The van der Waals surface area contributed by atoms with Gasteiger partial charge in [-0.1, -0.05) is 6.07 Å². The summed E-state index contributed by atoms with van der Waals surface area (Å²) in [5.74, 6) is -3.90. The molecule has 4 aromatic rings. The summed E-state index contributed by atoms with van der Waals surface area (Å²) in [6.07, 6.45) is -11.8. The highest BCUT2D eigenvalue weighted by Crippen LogP contribution is 2.37. The molecular weight excluding hydrogens is 523 g/mol. The molecule has 2 heterocycles. The average molecular weight is 544 g/mol. The second-order valence-electron chi connectivity index (χ2n) is 8.19. The van der Waals surface area contributed by atoms with Crippen LogP contribution in [0.4, 0.5) is 42.2 Å². The number of nitrogen functional groups attached to an aromatic ring is 1. The minimum absolute atomic E-state index is 0.00983. The van der Waals surface area contributed by atoms with E-state index in [0.29, 0.717) is 22.7 Å². The van der Waals surface area contributed by atoms with Crippen LogP contribution >= 0.6 is 0 Å². The lowest BCUT2D eigenvalue weighted by Crippen LogP contribution is -2.21. The van der Waals surface area contributed by atoms with Gasteiger partial charge in [0, 0.05) is 15.4 Å². The number of fused-ring (bicyclic) bond motifs is 1. The van der Waals surface area contributed by atoms with Gasteiger partial charge in [0.2, 0.25) is 0 Å². The van der Waals surface area contributed by atoms with Crippen molar-refractivity contribution in [1.82, 2.24) is 14.4 Å². The minimum Gasteiger partial charge on any atom is -0.382 e. The molecule has 4 N–H and O–H groups in total. The SMILES string of the molecule is [2H]C([2H])([2H])c1nc(-c2ccc(NC(=O)[C@H](O)c3cc(F)cc(C(F)(F)F)c3)cc2C)c2c(N)ncc(C(F)(F)F)n12. The van der Waals surface area contributed by atoms with Crippen molar-refractivity contribution < 1.29 is 44.7 Å². The fourth-order valence-electron chi connectivity index (χ4n) is 3.83. The van der Waals surface area contributed by atoms with Gasteiger partial charge in [0.25, 0.3) is 5.91 Å². The second kappa shape index (κ2) is 9.28. The maximum absolute atomic E-state index is 13.7. The molecule has 38 heavy (non-hydrogen) atoms. The van der Waals surface area contributed by atoms with Gasteiger partial charge < -0.3 is 16.2 Å². The van der Waals surface area contributed by atoms with E-state index < -0.39 is 71.0 Å². The zero-order chi connectivity index (χ0) is 30.7. The molecule has 14 heteroatoms. The lowest BCUT2D eigenvalue weighted by atomic mass is 10.0. The summed E-state index contributed by atoms with van der Waals surface area (Å²) in [7, 11) is 0. The molecule has 2 aromatic carbocycles. The number of imidazole rings is 1. The third kappa shape index (κ3) is 4.98. The van der Waals surface area contributed by atoms with E-state index in [9.17, 15) is 40.6 Å². The Balaban J connectivity index is 1.73. The molecule has 7 nitrogen and oxygen atoms in total. The molecule has 0 saturated carbocycles. The number of aryl methyl sites for hydroxylation is 2. The number of halogens is 7. The normalized spacial score (nSPS) is 14.6. The molecule has 0 aliphatic carbocycles. The summed E-state index contributed by atoms with van der Waals surface area (Å²) in [5.41, 5.74) is 2.03. The summed E-state index contributed by atoms with van der Waals surface area (Å²) in [6, 6.07) is 4.96. The molecule has 0 bridgehead atoms. The fourth-order valence-corrected chi connectivity index (χ4v) is 3.83. The van der Waals surface area contributed by atoms with Gasteiger partial charge >= 0.3 is 12.4 Å². The van der Waals surface area contributed by atoms with E-state index in [0.717, 1.165) is 0 Å². The molecule has 0 fully saturated rings. The van der Waals surface area contributed by atoms with Crippen molar-refractivity contribution in [3.8, 4) is 11.3 Å². The Bertz CT molecular complexity index is 1670. The summed E-state index contributed by atoms with van der Waals surface area (Å²) in [4.78, 5) is 20.0. The minimum atomic E-state index is -5.01. The standard InChI is InChI=1S/C24H18F7N5O2/c1-10-5-15(35-22(38)20(37)12-6-13(23(26,27)28)8-14(25)7-12)3-4-16(10)18-19-21(32)33-9-17(24(29,30)31)36(19)11(2)34-18/h3-9,20,37H,1-2H3,(H2,32,33)(H,35,38)/t20-/m1/s1/i2D3. The number of nitrogens with two attached hydrogens (primary N) is 1. The number of amides is 1. The molecule has 200 valence electrons. The van der Waals surface area contributed by atoms with E-state index in [1.807, 2.05) is 0 Å². The zero-order valence-electron chi connectivity index (χ0n) is 22.0. The summed E-state index contributed by atoms with van der Waals surface area (Å²) in [5, 5.41) is 12.5. The van der Waals surface area contributed by atoms with E-state index in [2.05, 4.69) is 15.3 Å². The molecule has 0 saturated heterocycles. The number of aliphatic hydroxyl groups is 1. The van der Waals surface area contributed by atoms with Gasteiger partial charge in [-0.3, -0.25) is 9.20 Å². The van der Waals surface area contributed by atoms with Crippen LogP contribution in [0.15, 0.2) is 42.6 Å². The molecule has 0 unspecified atom stereocenters. The first-order valence-corrected chi connectivity index (χ1v) is 10.5. The predicted molar refractivity (Wildman–Crippen MR) is 122 cm³/mol. The molecule has 0 spiro atoms. The second-order valence-corrected chi connectivity index (χ2v) is 8.19. The van der Waals surface area contributed by atoms with Crippen molar-refractivity contribution >= 4 is 22.9 Å². The van der Waals surface area contributed by atoms with Crippen molar-refractivity contribution in [1.29, 1.82) is 0 Å². The summed E-state index contributed by atoms with van der Waals surface area (Å²) in [6.45, 7) is -1.64. The number of nitrogens with one attached hydrogen (secondary N) is 1. The average Bonchev–Trinajstić information content (AvgIpc) is 3.24. The van der Waals surface area contributed by atoms with Crippen LogP contribution in [0, 0.1) is 19.6 Å². The number of hydrogen-bond donors (Lipinski definition) is 3. The number of benzene rings is 2. The smallest absolute Gasteiger partial charge is 0.382 e. The van der Waals surface area contributed by atoms with E-state index >= 15 is 0 Å². The molecule has 4 rings (SSSR count). The topological polar surface area (TPSA) is 106 Å². The van der Waals surface area contributed by atoms with Gasteiger partial charge in [0.1, 0.15) is 34.4 Å². The fraction of sp³-hybridized carbons (Fsp3) is 0.208.